The molecule has 0 atom stereocenters. The van der Waals surface area contributed by atoms with Gasteiger partial charge in [-0.15, -0.1) is 0 Å². The van der Waals surface area contributed by atoms with Crippen molar-refractivity contribution in [3.63, 3.8) is 0 Å². The zero-order valence-electron chi connectivity index (χ0n) is 11.4. The molecule has 0 fully saturated rings. The van der Waals surface area contributed by atoms with Crippen LogP contribution in [0.15, 0.2) is 12.1 Å². The summed E-state index contributed by atoms with van der Waals surface area (Å²) >= 11 is 0. The van der Waals surface area contributed by atoms with Gasteiger partial charge in [-0.2, -0.15) is 0 Å². The molecular weight excluding hydrogens is 222 g/mol. The van der Waals surface area contributed by atoms with Gasteiger partial charge in [0.2, 0.25) is 0 Å². The van der Waals surface area contributed by atoms with Crippen molar-refractivity contribution < 1.29 is 0 Å². The summed E-state index contributed by atoms with van der Waals surface area (Å²) in [6.45, 7) is 4.50. The molecule has 0 bridgehead atoms. The second kappa shape index (κ2) is 7.54. The summed E-state index contributed by atoms with van der Waals surface area (Å²) < 4.78 is 0. The minimum absolute atomic E-state index is 1.18. The van der Waals surface area contributed by atoms with E-state index in [4.69, 9.17) is 0 Å². The van der Waals surface area contributed by atoms with Gasteiger partial charge in [-0.3, -0.25) is 0 Å². The summed E-state index contributed by atoms with van der Waals surface area (Å²) in [5, 5.41) is 4.59. The highest BCUT2D eigenvalue weighted by molar-refractivity contribution is 6.33. The molecule has 1 N–H and O–H groups in total. The van der Waals surface area contributed by atoms with Crippen LogP contribution in [-0.2, 0) is 12.8 Å². The Morgan fingerprint density at radius 2 is 1.59 bits per heavy atom. The molecule has 1 aromatic carbocycles. The van der Waals surface area contributed by atoms with E-state index >= 15 is 0 Å². The van der Waals surface area contributed by atoms with E-state index in [1.54, 1.807) is 0 Å². The summed E-state index contributed by atoms with van der Waals surface area (Å²) in [5.41, 5.74) is 4.31. The number of unbranched alkanes of at least 4 members (excludes halogenated alkanes) is 2. The largest absolute Gasteiger partial charge is 0.388 e. The first-order valence-corrected chi connectivity index (χ1v) is 7.28. The van der Waals surface area contributed by atoms with Gasteiger partial charge in [0.25, 0.3) is 0 Å². The van der Waals surface area contributed by atoms with Crippen molar-refractivity contribution in [1.82, 2.24) is 0 Å². The zero-order chi connectivity index (χ0) is 12.7. The quantitative estimate of drug-likeness (QED) is 0.729. The Morgan fingerprint density at radius 3 is 2.12 bits per heavy atom. The van der Waals surface area contributed by atoms with Gasteiger partial charge in [-0.25, -0.2) is 0 Å². The predicted molar refractivity (Wildman–Crippen MR) is 78.6 cm³/mol. The van der Waals surface area contributed by atoms with Gasteiger partial charge in [0.05, 0.1) is 10.2 Å². The molecule has 0 saturated heterocycles. The maximum absolute atomic E-state index is 3.76. The average molecular weight is 246 g/mol. The first-order valence-electron chi connectivity index (χ1n) is 6.78. The summed E-state index contributed by atoms with van der Waals surface area (Å²) in [6.07, 6.45) is 7.41. The highest BCUT2D eigenvalue weighted by Gasteiger charge is 2.09. The molecule has 3 radical (unpaired) electrons. The third kappa shape index (κ3) is 3.88. The van der Waals surface area contributed by atoms with Crippen molar-refractivity contribution in [2.75, 3.05) is 12.4 Å². The molecule has 0 aromatic heterocycles. The molecule has 2 heteroatoms. The third-order valence-corrected chi connectivity index (χ3v) is 3.73. The van der Waals surface area contributed by atoms with Crippen LogP contribution in [0.3, 0.4) is 0 Å². The lowest BCUT2D eigenvalue weighted by Crippen LogP contribution is -2.15. The molecule has 1 aromatic rings. The summed E-state index contributed by atoms with van der Waals surface area (Å²) in [7, 11) is 5.77. The van der Waals surface area contributed by atoms with E-state index in [1.165, 1.54) is 60.5 Å². The van der Waals surface area contributed by atoms with Crippen LogP contribution in [-0.4, -0.2) is 17.3 Å². The second-order valence-corrected chi connectivity index (χ2v) is 5.11. The number of benzene rings is 1. The van der Waals surface area contributed by atoms with E-state index in [2.05, 4.69) is 41.5 Å². The van der Waals surface area contributed by atoms with Gasteiger partial charge in [0, 0.05) is 12.7 Å². The number of rotatable bonds is 7. The number of nitrogens with one attached hydrogen (secondary N) is 1. The SMILES string of the molecule is CCCCc1c([Si])ccc(NC)c1CCCC. The van der Waals surface area contributed by atoms with Crippen LogP contribution in [0.25, 0.3) is 0 Å². The fourth-order valence-electron chi connectivity index (χ4n) is 2.21. The van der Waals surface area contributed by atoms with Crippen LogP contribution in [0.4, 0.5) is 5.69 Å². The van der Waals surface area contributed by atoms with Crippen molar-refractivity contribution in [2.24, 2.45) is 0 Å². The van der Waals surface area contributed by atoms with Crippen LogP contribution >= 0.6 is 0 Å². The molecular formula is C15H24NSi. The van der Waals surface area contributed by atoms with Crippen molar-refractivity contribution >= 4 is 21.1 Å². The standard InChI is InChI=1S/C15H24NSi/c1-4-6-8-12-13(9-7-5-2)15(17)11-10-14(12)16-3/h10-11,16H,4-9H2,1-3H3. The summed E-state index contributed by atoms with van der Waals surface area (Å²) in [6, 6.07) is 4.35. The maximum Gasteiger partial charge on any atom is 0.0715 e. The molecule has 0 saturated carbocycles. The minimum atomic E-state index is 1.18. The van der Waals surface area contributed by atoms with Gasteiger partial charge in [0.1, 0.15) is 0 Å². The van der Waals surface area contributed by atoms with Gasteiger partial charge in [-0.1, -0.05) is 37.9 Å². The van der Waals surface area contributed by atoms with Crippen molar-refractivity contribution in [3.05, 3.63) is 23.3 Å². The molecule has 0 heterocycles. The van der Waals surface area contributed by atoms with E-state index in [1.807, 2.05) is 7.05 Å². The first kappa shape index (κ1) is 14.3. The lowest BCUT2D eigenvalue weighted by atomic mass is 9.96. The van der Waals surface area contributed by atoms with E-state index in [9.17, 15) is 0 Å². The highest BCUT2D eigenvalue weighted by atomic mass is 28.1. The van der Waals surface area contributed by atoms with Gasteiger partial charge < -0.3 is 5.32 Å². The molecule has 0 aliphatic carbocycles. The van der Waals surface area contributed by atoms with Crippen LogP contribution in [0, 0.1) is 0 Å². The Labute approximate surface area is 109 Å². The normalized spacial score (nSPS) is 10.6. The predicted octanol–water partition coefficient (Wildman–Crippen LogP) is 3.21. The van der Waals surface area contributed by atoms with E-state index < -0.39 is 0 Å². The van der Waals surface area contributed by atoms with Crippen molar-refractivity contribution in [3.8, 4) is 0 Å². The Hall–Kier alpha value is -0.763. The molecule has 1 nitrogen and oxygen atoms in total. The Bertz CT molecular complexity index is 347. The maximum atomic E-state index is 3.76. The molecule has 0 unspecified atom stereocenters. The summed E-state index contributed by atoms with van der Waals surface area (Å²) in [5.74, 6) is 0. The van der Waals surface area contributed by atoms with Gasteiger partial charge in [-0.05, 0) is 42.9 Å². The molecule has 1 rings (SSSR count). The zero-order valence-corrected chi connectivity index (χ0v) is 12.4. The third-order valence-electron chi connectivity index (χ3n) is 3.26. The topological polar surface area (TPSA) is 12.0 Å². The number of hydrogen-bond donors (Lipinski definition) is 1. The minimum Gasteiger partial charge on any atom is -0.388 e. The highest BCUT2D eigenvalue weighted by Crippen LogP contribution is 2.22. The van der Waals surface area contributed by atoms with Crippen molar-refractivity contribution in [1.29, 1.82) is 0 Å². The first-order chi connectivity index (χ1) is 8.24. The van der Waals surface area contributed by atoms with Crippen LogP contribution in [0.2, 0.25) is 0 Å². The van der Waals surface area contributed by atoms with Crippen molar-refractivity contribution in [2.45, 2.75) is 52.4 Å². The Morgan fingerprint density at radius 1 is 1.00 bits per heavy atom. The molecule has 0 aliphatic heterocycles. The lowest BCUT2D eigenvalue weighted by Gasteiger charge is -2.17. The monoisotopic (exact) mass is 246 g/mol. The van der Waals surface area contributed by atoms with Crippen LogP contribution in [0.1, 0.15) is 50.7 Å². The molecule has 0 aliphatic rings. The fraction of sp³-hybridized carbons (Fsp3) is 0.600. The van der Waals surface area contributed by atoms with E-state index in [0.717, 1.165) is 0 Å². The molecule has 0 spiro atoms. The van der Waals surface area contributed by atoms with Crippen LogP contribution in [0.5, 0.6) is 0 Å². The Balaban J connectivity index is 3.02. The average Bonchev–Trinajstić information content (AvgIpc) is 2.35. The van der Waals surface area contributed by atoms with Gasteiger partial charge in [0.15, 0.2) is 0 Å². The molecule has 17 heavy (non-hydrogen) atoms. The lowest BCUT2D eigenvalue weighted by molar-refractivity contribution is 0.761. The molecule has 93 valence electrons. The van der Waals surface area contributed by atoms with E-state index in [-0.39, 0.29) is 0 Å². The number of anilines is 1. The second-order valence-electron chi connectivity index (χ2n) is 4.57. The van der Waals surface area contributed by atoms with Crippen LogP contribution < -0.4 is 10.5 Å². The molecule has 0 amide bonds. The Kier molecular flexibility index (Phi) is 6.34. The summed E-state index contributed by atoms with van der Waals surface area (Å²) in [4.78, 5) is 0. The smallest absolute Gasteiger partial charge is 0.0715 e. The fourth-order valence-corrected chi connectivity index (χ4v) is 2.56. The number of hydrogen-bond acceptors (Lipinski definition) is 1. The van der Waals surface area contributed by atoms with E-state index in [0.29, 0.717) is 0 Å². The van der Waals surface area contributed by atoms with Gasteiger partial charge >= 0.3 is 0 Å².